The first-order chi connectivity index (χ1) is 11.4. The molecular formula is C16H20F3NO4. The van der Waals surface area contributed by atoms with Crippen molar-refractivity contribution in [3.8, 4) is 5.75 Å². The molecule has 1 aromatic carbocycles. The highest BCUT2D eigenvalue weighted by Crippen LogP contribution is 2.24. The molecule has 1 aliphatic heterocycles. The van der Waals surface area contributed by atoms with Crippen molar-refractivity contribution in [3.05, 3.63) is 29.8 Å². The first kappa shape index (κ1) is 18.5. The Morgan fingerprint density at radius 1 is 1.38 bits per heavy atom. The maximum atomic E-state index is 12.3. The first-order valence-corrected chi connectivity index (χ1v) is 7.63. The van der Waals surface area contributed by atoms with E-state index in [1.165, 1.54) is 25.3 Å². The number of hydrogen-bond donors (Lipinski definition) is 1. The van der Waals surface area contributed by atoms with E-state index in [9.17, 15) is 18.0 Å². The second-order valence-corrected chi connectivity index (χ2v) is 5.53. The Morgan fingerprint density at radius 2 is 2.08 bits per heavy atom. The van der Waals surface area contributed by atoms with Gasteiger partial charge in [-0.15, -0.1) is 13.2 Å². The van der Waals surface area contributed by atoms with E-state index >= 15 is 0 Å². The summed E-state index contributed by atoms with van der Waals surface area (Å²) in [6.07, 6.45) is -3.00. The Bertz CT molecular complexity index is 544. The number of carbonyl (C=O) groups excluding carboxylic acids is 1. The Labute approximate surface area is 138 Å². The predicted octanol–water partition coefficient (Wildman–Crippen LogP) is 2.44. The molecule has 1 aliphatic rings. The third-order valence-corrected chi connectivity index (χ3v) is 3.72. The third-order valence-electron chi connectivity index (χ3n) is 3.72. The number of benzene rings is 1. The molecule has 1 atom stereocenters. The van der Waals surface area contributed by atoms with Gasteiger partial charge in [0.05, 0.1) is 7.11 Å². The lowest BCUT2D eigenvalue weighted by Gasteiger charge is -2.27. The van der Waals surface area contributed by atoms with Crippen LogP contribution in [0.15, 0.2) is 24.3 Å². The summed E-state index contributed by atoms with van der Waals surface area (Å²) in [6.45, 7) is 1.22. The van der Waals surface area contributed by atoms with Crippen molar-refractivity contribution in [1.29, 1.82) is 0 Å². The molecule has 0 radical (unpaired) electrons. The highest BCUT2D eigenvalue weighted by Gasteiger charge is 2.31. The van der Waals surface area contributed by atoms with Crippen LogP contribution in [0.2, 0.25) is 0 Å². The summed E-state index contributed by atoms with van der Waals surface area (Å²) in [6, 6.07) is 5.06. The van der Waals surface area contributed by atoms with E-state index in [0.29, 0.717) is 18.8 Å². The van der Waals surface area contributed by atoms with Crippen LogP contribution in [0.4, 0.5) is 13.2 Å². The summed E-state index contributed by atoms with van der Waals surface area (Å²) in [4.78, 5) is 12.0. The maximum Gasteiger partial charge on any atom is 0.573 e. The number of alkyl halides is 3. The number of nitrogens with one attached hydrogen (secondary N) is 1. The van der Waals surface area contributed by atoms with Gasteiger partial charge in [-0.1, -0.05) is 12.1 Å². The topological polar surface area (TPSA) is 56.8 Å². The van der Waals surface area contributed by atoms with Crippen molar-refractivity contribution in [2.24, 2.45) is 0 Å². The van der Waals surface area contributed by atoms with E-state index in [2.05, 4.69) is 10.1 Å². The van der Waals surface area contributed by atoms with Crippen molar-refractivity contribution in [1.82, 2.24) is 5.32 Å². The molecule has 0 spiro atoms. The Morgan fingerprint density at radius 3 is 2.71 bits per heavy atom. The first-order valence-electron chi connectivity index (χ1n) is 7.63. The smallest absolute Gasteiger partial charge is 0.468 e. The minimum atomic E-state index is -4.75. The fourth-order valence-electron chi connectivity index (χ4n) is 2.61. The van der Waals surface area contributed by atoms with Crippen molar-refractivity contribution >= 4 is 5.97 Å². The Kier molecular flexibility index (Phi) is 6.44. The lowest BCUT2D eigenvalue weighted by molar-refractivity contribution is -0.274. The molecule has 24 heavy (non-hydrogen) atoms. The third kappa shape index (κ3) is 6.01. The van der Waals surface area contributed by atoms with E-state index in [1.54, 1.807) is 6.07 Å². The van der Waals surface area contributed by atoms with Gasteiger partial charge in [-0.05, 0) is 37.0 Å². The molecule has 1 fully saturated rings. The van der Waals surface area contributed by atoms with Gasteiger partial charge in [0.2, 0.25) is 0 Å². The van der Waals surface area contributed by atoms with Gasteiger partial charge in [0.25, 0.3) is 0 Å². The van der Waals surface area contributed by atoms with E-state index in [-0.39, 0.29) is 18.2 Å². The molecule has 0 amide bonds. The zero-order valence-electron chi connectivity index (χ0n) is 13.3. The van der Waals surface area contributed by atoms with Gasteiger partial charge in [0, 0.05) is 19.3 Å². The molecular weight excluding hydrogens is 327 g/mol. The maximum absolute atomic E-state index is 12.3. The molecule has 1 aromatic rings. The largest absolute Gasteiger partial charge is 0.573 e. The molecule has 0 saturated carbocycles. The monoisotopic (exact) mass is 347 g/mol. The van der Waals surface area contributed by atoms with Gasteiger partial charge < -0.3 is 19.5 Å². The van der Waals surface area contributed by atoms with Crippen LogP contribution in [0.25, 0.3) is 0 Å². The molecule has 1 heterocycles. The minimum absolute atomic E-state index is 0.109. The fraction of sp³-hybridized carbons (Fsp3) is 0.562. The zero-order chi connectivity index (χ0) is 17.6. The Hall–Kier alpha value is -1.80. The lowest BCUT2D eigenvalue weighted by atomic mass is 10.0. The van der Waals surface area contributed by atoms with Crippen LogP contribution >= 0.6 is 0 Å². The normalized spacial score (nSPS) is 17.3. The molecule has 5 nitrogen and oxygen atoms in total. The molecule has 1 N–H and O–H groups in total. The number of esters is 1. The summed E-state index contributed by atoms with van der Waals surface area (Å²) in [5.41, 5.74) is 0.548. The van der Waals surface area contributed by atoms with Crippen molar-refractivity contribution < 1.29 is 32.2 Å². The molecule has 134 valence electrons. The molecule has 0 aromatic heterocycles. The van der Waals surface area contributed by atoms with Crippen LogP contribution in [0.3, 0.4) is 0 Å². The van der Waals surface area contributed by atoms with Gasteiger partial charge in [0.1, 0.15) is 11.8 Å². The van der Waals surface area contributed by atoms with E-state index in [4.69, 9.17) is 9.47 Å². The molecule has 0 unspecified atom stereocenters. The second kappa shape index (κ2) is 8.34. The van der Waals surface area contributed by atoms with Crippen molar-refractivity contribution in [3.63, 3.8) is 0 Å². The van der Waals surface area contributed by atoms with Gasteiger partial charge in [-0.25, -0.2) is 0 Å². The van der Waals surface area contributed by atoms with E-state index < -0.39 is 18.4 Å². The summed E-state index contributed by atoms with van der Waals surface area (Å²) >= 11 is 0. The van der Waals surface area contributed by atoms with Gasteiger partial charge in [-0.2, -0.15) is 0 Å². The van der Waals surface area contributed by atoms with Crippen LogP contribution in [0, 0.1) is 0 Å². The van der Waals surface area contributed by atoms with Crippen LogP contribution in [-0.4, -0.2) is 44.7 Å². The quantitative estimate of drug-likeness (QED) is 0.801. The Balaban J connectivity index is 2.05. The molecule has 8 heteroatoms. The number of carbonyl (C=O) groups is 1. The van der Waals surface area contributed by atoms with Crippen molar-refractivity contribution in [2.75, 3.05) is 20.3 Å². The van der Waals surface area contributed by atoms with Gasteiger partial charge >= 0.3 is 12.3 Å². The number of hydrogen-bond acceptors (Lipinski definition) is 5. The summed E-state index contributed by atoms with van der Waals surface area (Å²) in [5.74, 6) is -0.765. The van der Waals surface area contributed by atoms with Crippen LogP contribution in [0.5, 0.6) is 5.75 Å². The number of halogens is 3. The minimum Gasteiger partial charge on any atom is -0.468 e. The van der Waals surface area contributed by atoms with Gasteiger partial charge in [-0.3, -0.25) is 4.79 Å². The van der Waals surface area contributed by atoms with Crippen LogP contribution in [0.1, 0.15) is 18.4 Å². The number of ether oxygens (including phenoxy) is 3. The van der Waals surface area contributed by atoms with E-state index in [1.807, 2.05) is 0 Å². The fourth-order valence-corrected chi connectivity index (χ4v) is 2.61. The van der Waals surface area contributed by atoms with Gasteiger partial charge in [0.15, 0.2) is 0 Å². The lowest BCUT2D eigenvalue weighted by Crippen LogP contribution is -2.47. The highest BCUT2D eigenvalue weighted by atomic mass is 19.4. The summed E-state index contributed by atoms with van der Waals surface area (Å²) in [5, 5.41) is 3.21. The second-order valence-electron chi connectivity index (χ2n) is 5.53. The molecule has 1 saturated heterocycles. The van der Waals surface area contributed by atoms with Crippen LogP contribution in [-0.2, 0) is 20.7 Å². The van der Waals surface area contributed by atoms with Crippen LogP contribution < -0.4 is 10.1 Å². The number of rotatable bonds is 6. The summed E-state index contributed by atoms with van der Waals surface area (Å²) in [7, 11) is 1.28. The highest BCUT2D eigenvalue weighted by molar-refractivity contribution is 5.76. The standard InChI is InChI=1S/C16H20F3NO4/c1-22-15(21)14(20-12-5-7-23-8-6-12)10-11-3-2-4-13(9-11)24-16(17,18)19/h2-4,9,12,14,20H,5-8,10H2,1H3/t14-/m0/s1. The SMILES string of the molecule is COC(=O)[C@H](Cc1cccc(OC(F)(F)F)c1)NC1CCOCC1. The molecule has 0 bridgehead atoms. The van der Waals surface area contributed by atoms with E-state index in [0.717, 1.165) is 12.8 Å². The van der Waals surface area contributed by atoms with Crippen molar-refractivity contribution in [2.45, 2.75) is 37.7 Å². The predicted molar refractivity (Wildman–Crippen MR) is 79.6 cm³/mol. The molecule has 0 aliphatic carbocycles. The molecule has 2 rings (SSSR count). The average molecular weight is 347 g/mol. The average Bonchev–Trinajstić information content (AvgIpc) is 2.53. The number of methoxy groups -OCH3 is 1. The zero-order valence-corrected chi connectivity index (χ0v) is 13.3. The summed E-state index contributed by atoms with van der Waals surface area (Å²) < 4.78 is 50.9.